The normalized spacial score (nSPS) is 11.7. The number of halogens is 1. The fraction of sp³-hybridized carbons (Fsp3) is 0.333. The Hall–Kier alpha value is -1.79. The minimum absolute atomic E-state index is 0.0583. The molecule has 6 nitrogen and oxygen atoms in total. The highest BCUT2D eigenvalue weighted by Gasteiger charge is 2.19. The molecule has 0 fully saturated rings. The summed E-state index contributed by atoms with van der Waals surface area (Å²) < 4.78 is 0. The number of hydrogen-bond acceptors (Lipinski definition) is 3. The number of aliphatic carboxylic acids is 1. The van der Waals surface area contributed by atoms with Gasteiger partial charge in [0.25, 0.3) is 0 Å². The SMILES string of the molecule is Cc1c(Cl)cccc1NC(=O)N[C@H](CCO)C(=O)O. The maximum absolute atomic E-state index is 11.7. The van der Waals surface area contributed by atoms with Crippen molar-refractivity contribution in [3.05, 3.63) is 28.8 Å². The number of rotatable bonds is 5. The van der Waals surface area contributed by atoms with E-state index < -0.39 is 18.0 Å². The lowest BCUT2D eigenvalue weighted by molar-refractivity contribution is -0.139. The number of benzene rings is 1. The van der Waals surface area contributed by atoms with E-state index >= 15 is 0 Å². The number of hydrogen-bond donors (Lipinski definition) is 4. The Balaban J connectivity index is 2.69. The van der Waals surface area contributed by atoms with Crippen molar-refractivity contribution >= 4 is 29.3 Å². The Bertz CT molecular complexity index is 479. The van der Waals surface area contributed by atoms with Crippen LogP contribution in [0.4, 0.5) is 10.5 Å². The molecule has 0 heterocycles. The van der Waals surface area contributed by atoms with Gasteiger partial charge >= 0.3 is 12.0 Å². The van der Waals surface area contributed by atoms with E-state index in [4.69, 9.17) is 21.8 Å². The second kappa shape index (κ2) is 6.96. The molecule has 19 heavy (non-hydrogen) atoms. The van der Waals surface area contributed by atoms with E-state index in [1.165, 1.54) is 0 Å². The first-order valence-corrected chi connectivity index (χ1v) is 5.99. The summed E-state index contributed by atoms with van der Waals surface area (Å²) in [5.74, 6) is -1.20. The van der Waals surface area contributed by atoms with Gasteiger partial charge in [-0.05, 0) is 24.6 Å². The number of aliphatic hydroxyl groups is 1. The zero-order valence-corrected chi connectivity index (χ0v) is 11.1. The number of nitrogens with one attached hydrogen (secondary N) is 2. The first kappa shape index (κ1) is 15.3. The van der Waals surface area contributed by atoms with Gasteiger partial charge in [0.15, 0.2) is 0 Å². The van der Waals surface area contributed by atoms with E-state index in [1.54, 1.807) is 25.1 Å². The molecule has 0 aliphatic carbocycles. The Morgan fingerprint density at radius 2 is 2.11 bits per heavy atom. The number of aliphatic hydroxyl groups excluding tert-OH is 1. The average molecular weight is 287 g/mol. The smallest absolute Gasteiger partial charge is 0.326 e. The molecule has 1 aromatic carbocycles. The van der Waals surface area contributed by atoms with Crippen molar-refractivity contribution in [1.82, 2.24) is 5.32 Å². The maximum atomic E-state index is 11.7. The highest BCUT2D eigenvalue weighted by Crippen LogP contribution is 2.22. The molecule has 1 aromatic rings. The summed E-state index contributed by atoms with van der Waals surface area (Å²) in [6.07, 6.45) is -0.0583. The van der Waals surface area contributed by atoms with Gasteiger partial charge < -0.3 is 20.8 Å². The molecule has 104 valence electrons. The molecule has 0 saturated carbocycles. The fourth-order valence-electron chi connectivity index (χ4n) is 1.45. The zero-order chi connectivity index (χ0) is 14.4. The zero-order valence-electron chi connectivity index (χ0n) is 10.3. The van der Waals surface area contributed by atoms with Crippen molar-refractivity contribution < 1.29 is 19.8 Å². The van der Waals surface area contributed by atoms with Crippen LogP contribution >= 0.6 is 11.6 Å². The second-order valence-electron chi connectivity index (χ2n) is 3.91. The van der Waals surface area contributed by atoms with Gasteiger partial charge in [-0.1, -0.05) is 17.7 Å². The molecule has 4 N–H and O–H groups in total. The van der Waals surface area contributed by atoms with Crippen molar-refractivity contribution in [3.8, 4) is 0 Å². The summed E-state index contributed by atoms with van der Waals surface area (Å²) >= 11 is 5.90. The highest BCUT2D eigenvalue weighted by atomic mass is 35.5. The van der Waals surface area contributed by atoms with Gasteiger partial charge in [-0.3, -0.25) is 0 Å². The summed E-state index contributed by atoms with van der Waals surface area (Å²) in [6.45, 7) is 1.41. The van der Waals surface area contributed by atoms with Crippen molar-refractivity contribution in [2.45, 2.75) is 19.4 Å². The predicted molar refractivity (Wildman–Crippen MR) is 71.5 cm³/mol. The molecule has 0 spiro atoms. The van der Waals surface area contributed by atoms with Crippen LogP contribution in [0.25, 0.3) is 0 Å². The molecule has 1 atom stereocenters. The van der Waals surface area contributed by atoms with Crippen LogP contribution in [0, 0.1) is 6.92 Å². The Morgan fingerprint density at radius 3 is 2.68 bits per heavy atom. The van der Waals surface area contributed by atoms with Gasteiger partial charge in [-0.2, -0.15) is 0 Å². The van der Waals surface area contributed by atoms with Gasteiger partial charge in [0.2, 0.25) is 0 Å². The van der Waals surface area contributed by atoms with E-state index in [0.29, 0.717) is 16.3 Å². The van der Waals surface area contributed by atoms with Crippen molar-refractivity contribution in [3.63, 3.8) is 0 Å². The summed E-state index contributed by atoms with van der Waals surface area (Å²) in [5.41, 5.74) is 1.19. The molecule has 0 aliphatic rings. The molecule has 0 bridgehead atoms. The monoisotopic (exact) mass is 286 g/mol. The molecular weight excluding hydrogens is 272 g/mol. The summed E-state index contributed by atoms with van der Waals surface area (Å²) in [7, 11) is 0. The molecule has 7 heteroatoms. The van der Waals surface area contributed by atoms with Crippen LogP contribution in [0.2, 0.25) is 5.02 Å². The molecule has 0 saturated heterocycles. The van der Waals surface area contributed by atoms with Crippen LogP contribution in [-0.2, 0) is 4.79 Å². The number of urea groups is 1. The number of anilines is 1. The van der Waals surface area contributed by atoms with Gasteiger partial charge in [0, 0.05) is 23.7 Å². The predicted octanol–water partition coefficient (Wildman–Crippen LogP) is 1.61. The first-order valence-electron chi connectivity index (χ1n) is 5.62. The lowest BCUT2D eigenvalue weighted by Gasteiger charge is -2.15. The minimum Gasteiger partial charge on any atom is -0.480 e. The third-order valence-corrected chi connectivity index (χ3v) is 2.95. The van der Waals surface area contributed by atoms with Crippen molar-refractivity contribution in [2.75, 3.05) is 11.9 Å². The summed E-state index contributed by atoms with van der Waals surface area (Å²) in [4.78, 5) is 22.5. The fourth-order valence-corrected chi connectivity index (χ4v) is 1.62. The van der Waals surface area contributed by atoms with E-state index in [0.717, 1.165) is 0 Å². The van der Waals surface area contributed by atoms with Gasteiger partial charge in [0.05, 0.1) is 0 Å². The Labute approximate surface area is 115 Å². The van der Waals surface area contributed by atoms with E-state index in [2.05, 4.69) is 10.6 Å². The maximum Gasteiger partial charge on any atom is 0.326 e. The van der Waals surface area contributed by atoms with Gasteiger partial charge in [0.1, 0.15) is 6.04 Å². The average Bonchev–Trinajstić information content (AvgIpc) is 2.34. The van der Waals surface area contributed by atoms with Crippen LogP contribution < -0.4 is 10.6 Å². The minimum atomic E-state index is -1.20. The molecular formula is C12H15ClN2O4. The standard InChI is InChI=1S/C12H15ClN2O4/c1-7-8(13)3-2-4-9(7)14-12(19)15-10(5-6-16)11(17)18/h2-4,10,16H,5-6H2,1H3,(H,17,18)(H2,14,15,19)/t10-/m1/s1. The van der Waals surface area contributed by atoms with Crippen LogP contribution in [0.5, 0.6) is 0 Å². The Morgan fingerprint density at radius 1 is 1.42 bits per heavy atom. The van der Waals surface area contributed by atoms with Crippen LogP contribution in [0.15, 0.2) is 18.2 Å². The lowest BCUT2D eigenvalue weighted by atomic mass is 10.2. The Kier molecular flexibility index (Phi) is 5.59. The summed E-state index contributed by atoms with van der Waals surface area (Å²) in [6, 6.07) is 3.22. The third kappa shape index (κ3) is 4.42. The van der Waals surface area contributed by atoms with E-state index in [9.17, 15) is 9.59 Å². The van der Waals surface area contributed by atoms with E-state index in [1.807, 2.05) is 0 Å². The third-order valence-electron chi connectivity index (χ3n) is 2.54. The number of carbonyl (C=O) groups is 2. The number of carboxylic acid groups (broad SMARTS) is 1. The quantitative estimate of drug-likeness (QED) is 0.661. The molecule has 0 radical (unpaired) electrons. The molecule has 0 aromatic heterocycles. The topological polar surface area (TPSA) is 98.7 Å². The van der Waals surface area contributed by atoms with E-state index in [-0.39, 0.29) is 13.0 Å². The number of carbonyl (C=O) groups excluding carboxylic acids is 1. The van der Waals surface area contributed by atoms with Gasteiger partial charge in [-0.15, -0.1) is 0 Å². The largest absolute Gasteiger partial charge is 0.480 e. The summed E-state index contributed by atoms with van der Waals surface area (Å²) in [5, 5.41) is 22.8. The molecule has 2 amide bonds. The lowest BCUT2D eigenvalue weighted by Crippen LogP contribution is -2.43. The van der Waals surface area contributed by atoms with Crippen molar-refractivity contribution in [2.24, 2.45) is 0 Å². The molecule has 0 unspecified atom stereocenters. The molecule has 1 rings (SSSR count). The van der Waals surface area contributed by atoms with Crippen LogP contribution in [0.1, 0.15) is 12.0 Å². The van der Waals surface area contributed by atoms with Crippen LogP contribution in [0.3, 0.4) is 0 Å². The number of amides is 2. The first-order chi connectivity index (χ1) is 8.95. The van der Waals surface area contributed by atoms with Crippen molar-refractivity contribution in [1.29, 1.82) is 0 Å². The number of carboxylic acids is 1. The van der Waals surface area contributed by atoms with Gasteiger partial charge in [-0.25, -0.2) is 9.59 Å². The van der Waals surface area contributed by atoms with Crippen LogP contribution in [-0.4, -0.2) is 34.9 Å². The highest BCUT2D eigenvalue weighted by molar-refractivity contribution is 6.31. The molecule has 0 aliphatic heterocycles. The second-order valence-corrected chi connectivity index (χ2v) is 4.32.